The number of rotatable bonds is 13. The maximum Gasteiger partial charge on any atom is 0.410 e. The van der Waals surface area contributed by atoms with Crippen molar-refractivity contribution in [2.75, 3.05) is 39.8 Å². The van der Waals surface area contributed by atoms with Crippen LogP contribution in [0.1, 0.15) is 69.9 Å². The highest BCUT2D eigenvalue weighted by molar-refractivity contribution is 7.89. The molecular formula is C37H51N3O4S. The number of ether oxygens (including phenoxy) is 1. The Hall–Kier alpha value is -3.20. The van der Waals surface area contributed by atoms with Crippen molar-refractivity contribution in [2.24, 2.45) is 5.41 Å². The van der Waals surface area contributed by atoms with Gasteiger partial charge in [0.1, 0.15) is 6.61 Å². The molecule has 4 rings (SSSR count). The molecule has 0 aromatic heterocycles. The topological polar surface area (TPSA) is 70.2 Å². The lowest BCUT2D eigenvalue weighted by atomic mass is 9.91. The number of likely N-dealkylation sites (tertiary alicyclic amines) is 1. The van der Waals surface area contributed by atoms with Gasteiger partial charge in [-0.15, -0.1) is 0 Å². The van der Waals surface area contributed by atoms with Crippen LogP contribution >= 0.6 is 0 Å². The minimum Gasteiger partial charge on any atom is -0.445 e. The number of carbonyl (C=O) groups is 1. The second kappa shape index (κ2) is 16.4. The molecule has 244 valence electrons. The molecule has 0 radical (unpaired) electrons. The van der Waals surface area contributed by atoms with E-state index in [2.05, 4.69) is 37.8 Å². The third kappa shape index (κ3) is 10.7. The Morgan fingerprint density at radius 2 is 1.53 bits per heavy atom. The zero-order chi connectivity index (χ0) is 32.3. The molecule has 1 amide bonds. The van der Waals surface area contributed by atoms with E-state index in [1.807, 2.05) is 59.5 Å². The maximum absolute atomic E-state index is 13.4. The SMILES string of the molecule is CN(CC(CCN1CCC[C@H](N(CCC(C)(C)C)C(=O)OCc2ccccc2)CC1)c1ccccc1)S(=O)(=O)c1ccccc1. The lowest BCUT2D eigenvalue weighted by Gasteiger charge is -2.33. The van der Waals surface area contributed by atoms with Crippen LogP contribution in [0, 0.1) is 5.41 Å². The Balaban J connectivity index is 1.39. The summed E-state index contributed by atoms with van der Waals surface area (Å²) in [6.45, 7) is 10.7. The largest absolute Gasteiger partial charge is 0.445 e. The fraction of sp³-hybridized carbons (Fsp3) is 0.486. The number of sulfonamides is 1. The van der Waals surface area contributed by atoms with Crippen LogP contribution in [0.25, 0.3) is 0 Å². The van der Waals surface area contributed by atoms with Crippen molar-refractivity contribution in [2.45, 2.75) is 76.3 Å². The predicted molar refractivity (Wildman–Crippen MR) is 182 cm³/mol. The van der Waals surface area contributed by atoms with Crippen LogP contribution in [0.4, 0.5) is 4.79 Å². The van der Waals surface area contributed by atoms with E-state index in [9.17, 15) is 13.2 Å². The van der Waals surface area contributed by atoms with Gasteiger partial charge in [-0.1, -0.05) is 99.6 Å². The van der Waals surface area contributed by atoms with Crippen LogP contribution in [-0.4, -0.2) is 74.4 Å². The zero-order valence-electron chi connectivity index (χ0n) is 27.5. The zero-order valence-corrected chi connectivity index (χ0v) is 28.3. The number of likely N-dealkylation sites (N-methyl/N-ethyl adjacent to an activating group) is 1. The molecule has 1 heterocycles. The monoisotopic (exact) mass is 633 g/mol. The standard InChI is InChI=1S/C37H51N3O4S/c1-37(2,3)24-28-40(36(41)44-30-31-15-8-5-9-16-31)34-19-14-25-39(27-23-34)26-22-33(32-17-10-6-11-18-32)29-38(4)45(42,43)35-20-12-7-13-21-35/h5-13,15-18,20-21,33-34H,14,19,22-30H2,1-4H3/t33?,34-/m0/s1. The van der Waals surface area contributed by atoms with E-state index in [1.165, 1.54) is 4.31 Å². The molecule has 0 spiro atoms. The average molecular weight is 634 g/mol. The molecule has 7 nitrogen and oxygen atoms in total. The summed E-state index contributed by atoms with van der Waals surface area (Å²) in [5, 5.41) is 0. The summed E-state index contributed by atoms with van der Waals surface area (Å²) in [5.41, 5.74) is 2.25. The van der Waals surface area contributed by atoms with E-state index in [4.69, 9.17) is 4.74 Å². The number of nitrogens with zero attached hydrogens (tertiary/aromatic N) is 3. The summed E-state index contributed by atoms with van der Waals surface area (Å²) in [5.74, 6) is 0.0602. The summed E-state index contributed by atoms with van der Waals surface area (Å²) in [6, 6.07) is 28.9. The molecule has 8 heteroatoms. The van der Waals surface area contributed by atoms with Gasteiger partial charge in [0, 0.05) is 32.7 Å². The van der Waals surface area contributed by atoms with Gasteiger partial charge in [-0.2, -0.15) is 0 Å². The van der Waals surface area contributed by atoms with E-state index in [0.29, 0.717) is 18.0 Å². The smallest absolute Gasteiger partial charge is 0.410 e. The summed E-state index contributed by atoms with van der Waals surface area (Å²) in [7, 11) is -1.91. The van der Waals surface area contributed by atoms with E-state index in [-0.39, 0.29) is 30.1 Å². The van der Waals surface area contributed by atoms with Gasteiger partial charge in [0.25, 0.3) is 0 Å². The molecule has 0 aliphatic carbocycles. The molecule has 1 saturated heterocycles. The molecule has 3 aromatic rings. The number of benzene rings is 3. The third-order valence-corrected chi connectivity index (χ3v) is 10.6. The highest BCUT2D eigenvalue weighted by Crippen LogP contribution is 2.27. The Morgan fingerprint density at radius 3 is 2.18 bits per heavy atom. The Kier molecular flexibility index (Phi) is 12.6. The first-order valence-corrected chi connectivity index (χ1v) is 17.7. The Bertz CT molecular complexity index is 1410. The third-order valence-electron chi connectivity index (χ3n) is 8.77. The van der Waals surface area contributed by atoms with Crippen LogP contribution < -0.4 is 0 Å². The molecule has 1 unspecified atom stereocenters. The highest BCUT2D eigenvalue weighted by atomic mass is 32.2. The number of carbonyl (C=O) groups excluding carboxylic acids is 1. The van der Waals surface area contributed by atoms with Gasteiger partial charge >= 0.3 is 6.09 Å². The molecule has 0 N–H and O–H groups in total. The first kappa shape index (κ1) is 34.7. The molecule has 45 heavy (non-hydrogen) atoms. The van der Waals surface area contributed by atoms with Crippen molar-refractivity contribution in [3.05, 3.63) is 102 Å². The van der Waals surface area contributed by atoms with Crippen molar-refractivity contribution >= 4 is 16.1 Å². The summed E-state index contributed by atoms with van der Waals surface area (Å²) in [6.07, 6.45) is 4.36. The van der Waals surface area contributed by atoms with E-state index in [0.717, 1.165) is 62.9 Å². The quantitative estimate of drug-likeness (QED) is 0.196. The second-order valence-corrected chi connectivity index (χ2v) is 15.5. The lowest BCUT2D eigenvalue weighted by Crippen LogP contribution is -2.43. The van der Waals surface area contributed by atoms with Gasteiger partial charge in [0.05, 0.1) is 4.90 Å². The van der Waals surface area contributed by atoms with Crippen molar-refractivity contribution in [1.82, 2.24) is 14.1 Å². The van der Waals surface area contributed by atoms with Gasteiger partial charge in [-0.05, 0) is 79.8 Å². The summed E-state index contributed by atoms with van der Waals surface area (Å²) in [4.78, 5) is 18.2. The van der Waals surface area contributed by atoms with Gasteiger partial charge in [0.15, 0.2) is 0 Å². The fourth-order valence-electron chi connectivity index (χ4n) is 5.96. The van der Waals surface area contributed by atoms with Gasteiger partial charge in [-0.3, -0.25) is 0 Å². The van der Waals surface area contributed by atoms with Crippen molar-refractivity contribution in [3.8, 4) is 0 Å². The molecule has 2 atom stereocenters. The van der Waals surface area contributed by atoms with Crippen molar-refractivity contribution < 1.29 is 17.9 Å². The van der Waals surface area contributed by atoms with Crippen molar-refractivity contribution in [3.63, 3.8) is 0 Å². The highest BCUT2D eigenvalue weighted by Gasteiger charge is 2.30. The van der Waals surface area contributed by atoms with Crippen LogP contribution in [0.5, 0.6) is 0 Å². The van der Waals surface area contributed by atoms with Gasteiger partial charge < -0.3 is 14.5 Å². The van der Waals surface area contributed by atoms with Gasteiger partial charge in [-0.25, -0.2) is 17.5 Å². The second-order valence-electron chi connectivity index (χ2n) is 13.5. The average Bonchev–Trinajstić information content (AvgIpc) is 3.28. The van der Waals surface area contributed by atoms with Crippen molar-refractivity contribution in [1.29, 1.82) is 0 Å². The predicted octanol–water partition coefficient (Wildman–Crippen LogP) is 7.41. The molecule has 3 aromatic carbocycles. The first-order chi connectivity index (χ1) is 21.5. The summed E-state index contributed by atoms with van der Waals surface area (Å²) >= 11 is 0. The molecule has 1 aliphatic rings. The normalized spacial score (nSPS) is 17.0. The number of hydrogen-bond acceptors (Lipinski definition) is 5. The van der Waals surface area contributed by atoms with Gasteiger partial charge in [0.2, 0.25) is 10.0 Å². The first-order valence-electron chi connectivity index (χ1n) is 16.3. The van der Waals surface area contributed by atoms with Crippen LogP contribution in [0.2, 0.25) is 0 Å². The maximum atomic E-state index is 13.4. The van der Waals surface area contributed by atoms with E-state index >= 15 is 0 Å². The molecule has 1 fully saturated rings. The Morgan fingerprint density at radius 1 is 0.911 bits per heavy atom. The number of hydrogen-bond donors (Lipinski definition) is 0. The lowest BCUT2D eigenvalue weighted by molar-refractivity contribution is 0.0719. The molecule has 0 bridgehead atoms. The number of amides is 1. The molecule has 1 aliphatic heterocycles. The van der Waals surface area contributed by atoms with Crippen LogP contribution in [0.3, 0.4) is 0 Å². The molecular weight excluding hydrogens is 582 g/mol. The van der Waals surface area contributed by atoms with E-state index in [1.54, 1.807) is 31.3 Å². The minimum atomic E-state index is -3.58. The van der Waals surface area contributed by atoms with Crippen LogP contribution in [-0.2, 0) is 21.4 Å². The van der Waals surface area contributed by atoms with E-state index < -0.39 is 10.0 Å². The van der Waals surface area contributed by atoms with Crippen LogP contribution in [0.15, 0.2) is 95.9 Å². The Labute approximate surface area is 271 Å². The molecule has 0 saturated carbocycles. The summed E-state index contributed by atoms with van der Waals surface area (Å²) < 4.78 is 34.0. The minimum absolute atomic E-state index is 0.0602. The fourth-order valence-corrected chi connectivity index (χ4v) is 7.20.